The van der Waals surface area contributed by atoms with Crippen molar-refractivity contribution >= 4 is 18.0 Å². The molecule has 3 aromatic rings. The van der Waals surface area contributed by atoms with Gasteiger partial charge < -0.3 is 9.47 Å². The van der Waals surface area contributed by atoms with E-state index in [1.807, 2.05) is 61.5 Å². The van der Waals surface area contributed by atoms with Crippen LogP contribution in [0.3, 0.4) is 0 Å². The Bertz CT molecular complexity index is 1090. The lowest BCUT2D eigenvalue weighted by Gasteiger charge is -2.11. The average molecular weight is 412 g/mol. The van der Waals surface area contributed by atoms with E-state index in [2.05, 4.69) is 0 Å². The minimum atomic E-state index is -0.443. The third-order valence-corrected chi connectivity index (χ3v) is 5.18. The molecule has 1 aliphatic carbocycles. The average Bonchev–Trinajstić information content (AvgIpc) is 3.63. The summed E-state index contributed by atoms with van der Waals surface area (Å²) in [4.78, 5) is 24.8. The van der Waals surface area contributed by atoms with Crippen LogP contribution in [0.25, 0.3) is 6.08 Å². The number of hydrogen-bond donors (Lipinski definition) is 0. The van der Waals surface area contributed by atoms with Crippen molar-refractivity contribution in [2.24, 2.45) is 0 Å². The van der Waals surface area contributed by atoms with Crippen LogP contribution in [0, 0.1) is 6.92 Å². The number of carbonyl (C=O) groups excluding carboxylic acids is 2. The van der Waals surface area contributed by atoms with Crippen molar-refractivity contribution < 1.29 is 19.1 Å². The summed E-state index contributed by atoms with van der Waals surface area (Å²) in [6.45, 7) is 2.24. The molecule has 0 saturated heterocycles. The predicted octanol–water partition coefficient (Wildman–Crippen LogP) is 5.85. The fraction of sp³-hybridized carbons (Fsp3) is 0.185. The van der Waals surface area contributed by atoms with E-state index in [1.54, 1.807) is 24.3 Å². The van der Waals surface area contributed by atoms with E-state index in [0.29, 0.717) is 17.2 Å². The summed E-state index contributed by atoms with van der Waals surface area (Å²) < 4.78 is 11.0. The zero-order valence-electron chi connectivity index (χ0n) is 17.4. The van der Waals surface area contributed by atoms with Crippen molar-refractivity contribution in [3.63, 3.8) is 0 Å². The molecular weight excluding hydrogens is 388 g/mol. The maximum absolute atomic E-state index is 12.5. The van der Waals surface area contributed by atoms with Crippen molar-refractivity contribution in [3.8, 4) is 5.75 Å². The highest BCUT2D eigenvalue weighted by atomic mass is 16.5. The standard InChI is InChI=1S/C27H24O4/c1-19-7-9-20(10-8-19)11-16-26(28)31-25-15-14-23(17-24(25)22-12-13-22)27(29)30-18-21-5-3-2-4-6-21/h2-11,14-17,22H,12-13,18H2,1H3/b16-11+. The summed E-state index contributed by atoms with van der Waals surface area (Å²) in [5.74, 6) is -0.0174. The summed E-state index contributed by atoms with van der Waals surface area (Å²) in [7, 11) is 0. The molecule has 0 amide bonds. The van der Waals surface area contributed by atoms with Gasteiger partial charge in [0.2, 0.25) is 0 Å². The van der Waals surface area contributed by atoms with Crippen LogP contribution in [0.15, 0.2) is 78.9 Å². The smallest absolute Gasteiger partial charge is 0.338 e. The molecule has 4 heteroatoms. The number of ether oxygens (including phenoxy) is 2. The lowest BCUT2D eigenvalue weighted by atomic mass is 10.1. The molecule has 0 aromatic heterocycles. The third-order valence-electron chi connectivity index (χ3n) is 5.18. The maximum atomic E-state index is 12.5. The first-order valence-electron chi connectivity index (χ1n) is 10.4. The van der Waals surface area contributed by atoms with E-state index < -0.39 is 5.97 Å². The van der Waals surface area contributed by atoms with Gasteiger partial charge in [0.15, 0.2) is 0 Å². The Kier molecular flexibility index (Phi) is 6.27. The molecule has 0 aliphatic heterocycles. The van der Waals surface area contributed by atoms with Gasteiger partial charge in [0.25, 0.3) is 0 Å². The summed E-state index contributed by atoms with van der Waals surface area (Å²) in [5, 5.41) is 0. The minimum Gasteiger partial charge on any atom is -0.457 e. The Morgan fingerprint density at radius 3 is 2.42 bits per heavy atom. The molecule has 0 N–H and O–H groups in total. The van der Waals surface area contributed by atoms with E-state index in [1.165, 1.54) is 6.08 Å². The number of aryl methyl sites for hydroxylation is 1. The van der Waals surface area contributed by atoms with Crippen LogP contribution in [0.4, 0.5) is 0 Å². The minimum absolute atomic E-state index is 0.221. The third kappa shape index (κ3) is 5.70. The Morgan fingerprint density at radius 2 is 1.71 bits per heavy atom. The Labute approximate surface area is 182 Å². The van der Waals surface area contributed by atoms with Gasteiger partial charge in [-0.15, -0.1) is 0 Å². The molecule has 4 rings (SSSR count). The van der Waals surface area contributed by atoms with E-state index >= 15 is 0 Å². The maximum Gasteiger partial charge on any atom is 0.338 e. The Morgan fingerprint density at radius 1 is 0.968 bits per heavy atom. The van der Waals surface area contributed by atoms with Crippen molar-refractivity contribution in [1.82, 2.24) is 0 Å². The van der Waals surface area contributed by atoms with Crippen LogP contribution in [0.1, 0.15) is 51.4 Å². The van der Waals surface area contributed by atoms with Gasteiger partial charge in [0.05, 0.1) is 5.56 Å². The highest BCUT2D eigenvalue weighted by Gasteiger charge is 2.28. The number of carbonyl (C=O) groups is 2. The Hall–Kier alpha value is -3.66. The molecule has 1 saturated carbocycles. The fourth-order valence-electron chi connectivity index (χ4n) is 3.27. The summed E-state index contributed by atoms with van der Waals surface area (Å²) >= 11 is 0. The van der Waals surface area contributed by atoms with E-state index in [0.717, 1.165) is 35.1 Å². The molecule has 31 heavy (non-hydrogen) atoms. The summed E-state index contributed by atoms with van der Waals surface area (Å²) in [6, 6.07) is 22.6. The van der Waals surface area contributed by atoms with Crippen molar-refractivity contribution in [3.05, 3.63) is 107 Å². The second-order valence-corrected chi connectivity index (χ2v) is 7.75. The second kappa shape index (κ2) is 9.43. The summed E-state index contributed by atoms with van der Waals surface area (Å²) in [5.41, 5.74) is 4.38. The fourth-order valence-corrected chi connectivity index (χ4v) is 3.27. The van der Waals surface area contributed by atoms with Gasteiger partial charge in [0.1, 0.15) is 12.4 Å². The molecule has 0 bridgehead atoms. The molecule has 0 heterocycles. The largest absolute Gasteiger partial charge is 0.457 e. The first-order valence-corrected chi connectivity index (χ1v) is 10.4. The Balaban J connectivity index is 1.43. The summed E-state index contributed by atoms with van der Waals surface area (Å²) in [6.07, 6.45) is 5.19. The zero-order chi connectivity index (χ0) is 21.6. The van der Waals surface area contributed by atoms with Crippen LogP contribution >= 0.6 is 0 Å². The quantitative estimate of drug-likeness (QED) is 0.278. The van der Waals surface area contributed by atoms with Crippen LogP contribution in [-0.2, 0) is 16.1 Å². The SMILES string of the molecule is Cc1ccc(/C=C/C(=O)Oc2ccc(C(=O)OCc3ccccc3)cc2C2CC2)cc1. The number of hydrogen-bond acceptors (Lipinski definition) is 4. The highest BCUT2D eigenvalue weighted by Crippen LogP contribution is 2.44. The normalized spacial score (nSPS) is 13.2. The van der Waals surface area contributed by atoms with E-state index in [9.17, 15) is 9.59 Å². The molecule has 1 fully saturated rings. The van der Waals surface area contributed by atoms with Crippen molar-refractivity contribution in [2.45, 2.75) is 32.3 Å². The molecule has 0 unspecified atom stereocenters. The van der Waals surface area contributed by atoms with Gasteiger partial charge in [0, 0.05) is 6.08 Å². The molecule has 3 aromatic carbocycles. The topological polar surface area (TPSA) is 52.6 Å². The molecule has 156 valence electrons. The second-order valence-electron chi connectivity index (χ2n) is 7.75. The van der Waals surface area contributed by atoms with Crippen LogP contribution in [0.5, 0.6) is 5.75 Å². The first-order chi connectivity index (χ1) is 15.1. The van der Waals surface area contributed by atoms with E-state index in [-0.39, 0.29) is 12.6 Å². The first kappa shape index (κ1) is 20.6. The van der Waals surface area contributed by atoms with Crippen molar-refractivity contribution in [1.29, 1.82) is 0 Å². The number of rotatable bonds is 7. The molecule has 0 radical (unpaired) electrons. The van der Waals surface area contributed by atoms with Gasteiger partial charge in [-0.3, -0.25) is 0 Å². The van der Waals surface area contributed by atoms with Gasteiger partial charge in [-0.2, -0.15) is 0 Å². The van der Waals surface area contributed by atoms with Gasteiger partial charge in [-0.25, -0.2) is 9.59 Å². The van der Waals surface area contributed by atoms with Crippen LogP contribution < -0.4 is 4.74 Å². The van der Waals surface area contributed by atoms with Gasteiger partial charge >= 0.3 is 11.9 Å². The van der Waals surface area contributed by atoms with Crippen molar-refractivity contribution in [2.75, 3.05) is 0 Å². The lowest BCUT2D eigenvalue weighted by Crippen LogP contribution is -2.09. The monoisotopic (exact) mass is 412 g/mol. The molecule has 1 aliphatic rings. The van der Waals surface area contributed by atoms with E-state index in [4.69, 9.17) is 9.47 Å². The van der Waals surface area contributed by atoms with Gasteiger partial charge in [-0.05, 0) is 66.6 Å². The number of esters is 2. The highest BCUT2D eigenvalue weighted by molar-refractivity contribution is 5.91. The predicted molar refractivity (Wildman–Crippen MR) is 120 cm³/mol. The van der Waals surface area contributed by atoms with Crippen LogP contribution in [0.2, 0.25) is 0 Å². The van der Waals surface area contributed by atoms with Crippen LogP contribution in [-0.4, -0.2) is 11.9 Å². The number of benzene rings is 3. The molecule has 4 nitrogen and oxygen atoms in total. The molecule has 0 spiro atoms. The molecular formula is C27H24O4. The van der Waals surface area contributed by atoms with Gasteiger partial charge in [-0.1, -0.05) is 60.2 Å². The lowest BCUT2D eigenvalue weighted by molar-refractivity contribution is -0.128. The molecule has 0 atom stereocenters. The zero-order valence-corrected chi connectivity index (χ0v) is 17.4.